The second kappa shape index (κ2) is 6.30. The lowest BCUT2D eigenvalue weighted by Gasteiger charge is -2.30. The minimum absolute atomic E-state index is 0.168. The summed E-state index contributed by atoms with van der Waals surface area (Å²) in [6.45, 7) is 9.03. The molecule has 1 saturated carbocycles. The van der Waals surface area contributed by atoms with Crippen molar-refractivity contribution in [3.63, 3.8) is 0 Å². The van der Waals surface area contributed by atoms with Gasteiger partial charge in [0.15, 0.2) is 0 Å². The van der Waals surface area contributed by atoms with Crippen LogP contribution in [0.5, 0.6) is 0 Å². The predicted octanol–water partition coefficient (Wildman–Crippen LogP) is 4.71. The highest BCUT2D eigenvalue weighted by atomic mass is 16.3. The molecule has 1 aromatic carbocycles. The zero-order chi connectivity index (χ0) is 14.8. The third-order valence-electron chi connectivity index (χ3n) is 4.79. The molecule has 3 atom stereocenters. The van der Waals surface area contributed by atoms with Crippen molar-refractivity contribution in [2.24, 2.45) is 11.8 Å². The Hall–Kier alpha value is -0.820. The summed E-state index contributed by atoms with van der Waals surface area (Å²) in [5.74, 6) is 1.28. The van der Waals surface area contributed by atoms with Crippen LogP contribution < -0.4 is 0 Å². The highest BCUT2D eigenvalue weighted by Gasteiger charge is 2.25. The number of hydrogen-bond acceptors (Lipinski definition) is 1. The Labute approximate surface area is 124 Å². The molecule has 0 heterocycles. The van der Waals surface area contributed by atoms with Crippen LogP contribution >= 0.6 is 0 Å². The summed E-state index contributed by atoms with van der Waals surface area (Å²) in [5, 5.41) is 10.5. The van der Waals surface area contributed by atoms with Crippen LogP contribution in [0.1, 0.15) is 64.5 Å². The average molecular weight is 274 g/mol. The van der Waals surface area contributed by atoms with E-state index in [4.69, 9.17) is 0 Å². The van der Waals surface area contributed by atoms with E-state index in [0.717, 1.165) is 12.3 Å². The molecule has 0 aliphatic heterocycles. The molecule has 1 aliphatic rings. The smallest absolute Gasteiger partial charge is 0.0608 e. The third kappa shape index (κ3) is 4.09. The summed E-state index contributed by atoms with van der Waals surface area (Å²) in [5.41, 5.74) is 2.83. The van der Waals surface area contributed by atoms with E-state index in [-0.39, 0.29) is 11.5 Å². The maximum Gasteiger partial charge on any atom is 0.0608 e. The van der Waals surface area contributed by atoms with Crippen molar-refractivity contribution in [1.29, 1.82) is 0 Å². The summed E-state index contributed by atoms with van der Waals surface area (Å²) in [7, 11) is 0. The maximum atomic E-state index is 10.5. The van der Waals surface area contributed by atoms with Gasteiger partial charge < -0.3 is 5.11 Å². The minimum atomic E-state index is -0.168. The molecule has 2 rings (SSSR count). The zero-order valence-corrected chi connectivity index (χ0v) is 13.5. The molecular formula is C19H30O. The summed E-state index contributed by atoms with van der Waals surface area (Å²) >= 11 is 0. The molecule has 1 nitrogen and oxygen atoms in total. The van der Waals surface area contributed by atoms with Gasteiger partial charge in [-0.05, 0) is 47.6 Å². The molecule has 0 radical (unpaired) electrons. The van der Waals surface area contributed by atoms with E-state index in [1.54, 1.807) is 0 Å². The monoisotopic (exact) mass is 274 g/mol. The summed E-state index contributed by atoms with van der Waals surface area (Å²) < 4.78 is 0. The van der Waals surface area contributed by atoms with Gasteiger partial charge in [-0.3, -0.25) is 0 Å². The Morgan fingerprint density at radius 2 is 1.80 bits per heavy atom. The molecule has 0 amide bonds. The molecule has 0 spiro atoms. The third-order valence-corrected chi connectivity index (χ3v) is 4.79. The van der Waals surface area contributed by atoms with Gasteiger partial charge in [0.05, 0.1) is 6.10 Å². The van der Waals surface area contributed by atoms with Crippen molar-refractivity contribution in [1.82, 2.24) is 0 Å². The summed E-state index contributed by atoms with van der Waals surface area (Å²) in [6, 6.07) is 8.81. The normalized spacial score (nSPS) is 25.4. The molecule has 0 bridgehead atoms. The van der Waals surface area contributed by atoms with Gasteiger partial charge in [-0.2, -0.15) is 0 Å². The van der Waals surface area contributed by atoms with Gasteiger partial charge in [0.25, 0.3) is 0 Å². The first kappa shape index (κ1) is 15.6. The lowest BCUT2D eigenvalue weighted by atomic mass is 9.78. The topological polar surface area (TPSA) is 20.2 Å². The average Bonchev–Trinajstić information content (AvgIpc) is 2.38. The van der Waals surface area contributed by atoms with E-state index in [1.807, 2.05) is 0 Å². The van der Waals surface area contributed by atoms with E-state index < -0.39 is 0 Å². The highest BCUT2D eigenvalue weighted by Crippen LogP contribution is 2.32. The van der Waals surface area contributed by atoms with E-state index in [2.05, 4.69) is 52.0 Å². The lowest BCUT2D eigenvalue weighted by Crippen LogP contribution is -2.27. The fourth-order valence-corrected chi connectivity index (χ4v) is 3.38. The van der Waals surface area contributed by atoms with Crippen LogP contribution in [0.25, 0.3) is 0 Å². The first-order chi connectivity index (χ1) is 9.36. The van der Waals surface area contributed by atoms with Crippen LogP contribution in [0.2, 0.25) is 0 Å². The number of aliphatic hydroxyl groups excluding tert-OH is 1. The fraction of sp³-hybridized carbons (Fsp3) is 0.684. The lowest BCUT2D eigenvalue weighted by molar-refractivity contribution is 0.0720. The van der Waals surface area contributed by atoms with Crippen LogP contribution in [0.15, 0.2) is 24.3 Å². The molecule has 1 N–H and O–H groups in total. The second-order valence-corrected chi connectivity index (χ2v) is 7.75. The molecule has 3 unspecified atom stereocenters. The van der Waals surface area contributed by atoms with E-state index in [9.17, 15) is 5.11 Å². The fourth-order valence-electron chi connectivity index (χ4n) is 3.38. The highest BCUT2D eigenvalue weighted by molar-refractivity contribution is 5.27. The predicted molar refractivity (Wildman–Crippen MR) is 86.0 cm³/mol. The van der Waals surface area contributed by atoms with E-state index in [1.165, 1.54) is 36.8 Å². The first-order valence-electron chi connectivity index (χ1n) is 8.14. The SMILES string of the molecule is CC1CCCC(C(O)Cc2ccc(C(C)(C)C)cc2)C1. The van der Waals surface area contributed by atoms with Gasteiger partial charge >= 0.3 is 0 Å². The van der Waals surface area contributed by atoms with Gasteiger partial charge in [0.1, 0.15) is 0 Å². The van der Waals surface area contributed by atoms with Crippen LogP contribution in [0.3, 0.4) is 0 Å². The second-order valence-electron chi connectivity index (χ2n) is 7.75. The van der Waals surface area contributed by atoms with Crippen LogP contribution in [-0.4, -0.2) is 11.2 Å². The van der Waals surface area contributed by atoms with E-state index >= 15 is 0 Å². The minimum Gasteiger partial charge on any atom is -0.392 e. The molecule has 1 heteroatoms. The van der Waals surface area contributed by atoms with Crippen molar-refractivity contribution in [3.05, 3.63) is 35.4 Å². The van der Waals surface area contributed by atoms with Crippen LogP contribution in [0.4, 0.5) is 0 Å². The molecule has 20 heavy (non-hydrogen) atoms. The zero-order valence-electron chi connectivity index (χ0n) is 13.5. The van der Waals surface area contributed by atoms with Gasteiger partial charge in [-0.1, -0.05) is 64.8 Å². The molecule has 0 aromatic heterocycles. The molecule has 112 valence electrons. The first-order valence-corrected chi connectivity index (χ1v) is 8.14. The molecule has 1 fully saturated rings. The van der Waals surface area contributed by atoms with Gasteiger partial charge in [-0.25, -0.2) is 0 Å². The molecular weight excluding hydrogens is 244 g/mol. The van der Waals surface area contributed by atoms with E-state index in [0.29, 0.717) is 5.92 Å². The van der Waals surface area contributed by atoms with Crippen molar-refractivity contribution in [2.75, 3.05) is 0 Å². The standard InChI is InChI=1S/C19H30O/c1-14-6-5-7-16(12-14)18(20)13-15-8-10-17(11-9-15)19(2,3)4/h8-11,14,16,18,20H,5-7,12-13H2,1-4H3. The summed E-state index contributed by atoms with van der Waals surface area (Å²) in [6.07, 6.45) is 5.66. The number of aliphatic hydroxyl groups is 1. The number of hydrogen-bond donors (Lipinski definition) is 1. The van der Waals surface area contributed by atoms with Crippen molar-refractivity contribution >= 4 is 0 Å². The van der Waals surface area contributed by atoms with Gasteiger partial charge in [-0.15, -0.1) is 0 Å². The number of rotatable bonds is 3. The Morgan fingerprint density at radius 1 is 1.15 bits per heavy atom. The quantitative estimate of drug-likeness (QED) is 0.846. The van der Waals surface area contributed by atoms with Gasteiger partial charge in [0, 0.05) is 0 Å². The Bertz CT molecular complexity index is 412. The van der Waals surface area contributed by atoms with Gasteiger partial charge in [0.2, 0.25) is 0 Å². The largest absolute Gasteiger partial charge is 0.392 e. The van der Waals surface area contributed by atoms with Crippen LogP contribution in [0, 0.1) is 11.8 Å². The van der Waals surface area contributed by atoms with Crippen LogP contribution in [-0.2, 0) is 11.8 Å². The van der Waals surface area contributed by atoms with Crippen molar-refractivity contribution in [3.8, 4) is 0 Å². The molecule has 1 aromatic rings. The Kier molecular flexibility index (Phi) is 4.90. The summed E-state index contributed by atoms with van der Waals surface area (Å²) in [4.78, 5) is 0. The number of benzene rings is 1. The Morgan fingerprint density at radius 3 is 2.35 bits per heavy atom. The Balaban J connectivity index is 1.95. The molecule has 1 aliphatic carbocycles. The maximum absolute atomic E-state index is 10.5. The van der Waals surface area contributed by atoms with Crippen molar-refractivity contribution < 1.29 is 5.11 Å². The molecule has 0 saturated heterocycles. The van der Waals surface area contributed by atoms with Crippen molar-refractivity contribution in [2.45, 2.75) is 71.3 Å².